The first kappa shape index (κ1) is 12.0. The van der Waals surface area contributed by atoms with Gasteiger partial charge in [0.25, 0.3) is 0 Å². The molecule has 17 heavy (non-hydrogen) atoms. The standard InChI is InChI=1S/C12H17ClN4/c1-2-3-4-5-10-11(15)17-7-8(13)6-9(14)12(17)16-10/h6-7H,2-5,14-15H2,1H3. The second-order valence-corrected chi connectivity index (χ2v) is 4.64. The fraction of sp³-hybridized carbons (Fsp3) is 0.417. The second kappa shape index (κ2) is 4.84. The highest BCUT2D eigenvalue weighted by Gasteiger charge is 2.11. The van der Waals surface area contributed by atoms with Gasteiger partial charge in [0.1, 0.15) is 5.82 Å². The van der Waals surface area contributed by atoms with Crippen molar-refractivity contribution in [2.24, 2.45) is 0 Å². The number of anilines is 2. The number of hydrogen-bond acceptors (Lipinski definition) is 3. The van der Waals surface area contributed by atoms with Crippen LogP contribution in [0.15, 0.2) is 12.3 Å². The summed E-state index contributed by atoms with van der Waals surface area (Å²) in [6, 6.07) is 1.69. The van der Waals surface area contributed by atoms with E-state index in [2.05, 4.69) is 11.9 Å². The number of halogens is 1. The van der Waals surface area contributed by atoms with Gasteiger partial charge in [-0.2, -0.15) is 0 Å². The summed E-state index contributed by atoms with van der Waals surface area (Å²) in [4.78, 5) is 4.48. The summed E-state index contributed by atoms with van der Waals surface area (Å²) in [5, 5.41) is 0.569. The molecule has 2 rings (SSSR count). The van der Waals surface area contributed by atoms with E-state index in [1.807, 2.05) is 0 Å². The maximum Gasteiger partial charge on any atom is 0.162 e. The Morgan fingerprint density at radius 3 is 2.82 bits per heavy atom. The third kappa shape index (κ3) is 2.31. The summed E-state index contributed by atoms with van der Waals surface area (Å²) in [6.07, 6.45) is 6.10. The Labute approximate surface area is 106 Å². The number of hydrogen-bond donors (Lipinski definition) is 2. The van der Waals surface area contributed by atoms with Gasteiger partial charge in [-0.25, -0.2) is 4.98 Å². The number of nitrogens with two attached hydrogens (primary N) is 2. The van der Waals surface area contributed by atoms with E-state index in [0.717, 1.165) is 18.5 Å². The van der Waals surface area contributed by atoms with Crippen molar-refractivity contribution in [1.82, 2.24) is 9.38 Å². The molecule has 0 saturated heterocycles. The summed E-state index contributed by atoms with van der Waals surface area (Å²) in [5.41, 5.74) is 14.1. The number of unbranched alkanes of at least 4 members (excludes halogenated alkanes) is 2. The van der Waals surface area contributed by atoms with Crippen molar-refractivity contribution in [1.29, 1.82) is 0 Å². The lowest BCUT2D eigenvalue weighted by Gasteiger charge is -2.00. The van der Waals surface area contributed by atoms with Gasteiger partial charge in [0.15, 0.2) is 5.65 Å². The normalized spacial score (nSPS) is 11.2. The Kier molecular flexibility index (Phi) is 3.43. The minimum atomic E-state index is 0.561. The van der Waals surface area contributed by atoms with E-state index >= 15 is 0 Å². The van der Waals surface area contributed by atoms with Crippen molar-refractivity contribution >= 4 is 28.8 Å². The number of imidazole rings is 1. The van der Waals surface area contributed by atoms with Gasteiger partial charge in [-0.05, 0) is 18.9 Å². The van der Waals surface area contributed by atoms with Gasteiger partial charge in [-0.1, -0.05) is 31.4 Å². The number of nitrogens with zero attached hydrogens (tertiary/aromatic N) is 2. The first-order chi connectivity index (χ1) is 8.13. The predicted octanol–water partition coefficient (Wildman–Crippen LogP) is 2.88. The largest absolute Gasteiger partial charge is 0.396 e. The highest BCUT2D eigenvalue weighted by Crippen LogP contribution is 2.24. The Morgan fingerprint density at radius 2 is 2.12 bits per heavy atom. The van der Waals surface area contributed by atoms with E-state index in [-0.39, 0.29) is 0 Å². The molecular weight excluding hydrogens is 236 g/mol. The number of nitrogen functional groups attached to an aromatic ring is 2. The van der Waals surface area contributed by atoms with Crippen LogP contribution in [-0.4, -0.2) is 9.38 Å². The van der Waals surface area contributed by atoms with Crippen LogP contribution in [0.25, 0.3) is 5.65 Å². The zero-order chi connectivity index (χ0) is 12.4. The molecule has 0 unspecified atom stereocenters. The molecule has 0 aromatic carbocycles. The summed E-state index contributed by atoms with van der Waals surface area (Å²) in [5.74, 6) is 0.644. The smallest absolute Gasteiger partial charge is 0.162 e. The molecule has 92 valence electrons. The van der Waals surface area contributed by atoms with Crippen molar-refractivity contribution in [2.45, 2.75) is 32.6 Å². The molecule has 4 nitrogen and oxygen atoms in total. The molecule has 0 fully saturated rings. The van der Waals surface area contributed by atoms with Gasteiger partial charge in [0.2, 0.25) is 0 Å². The molecule has 0 aliphatic carbocycles. The molecular formula is C12H17ClN4. The third-order valence-electron chi connectivity index (χ3n) is 2.85. The van der Waals surface area contributed by atoms with Gasteiger partial charge in [-0.15, -0.1) is 0 Å². The average Bonchev–Trinajstić information content (AvgIpc) is 2.58. The average molecular weight is 253 g/mol. The maximum absolute atomic E-state index is 6.05. The van der Waals surface area contributed by atoms with Crippen molar-refractivity contribution in [3.63, 3.8) is 0 Å². The Hall–Kier alpha value is -1.42. The van der Waals surface area contributed by atoms with Crippen LogP contribution in [0, 0.1) is 0 Å². The van der Waals surface area contributed by atoms with Gasteiger partial charge in [0, 0.05) is 6.20 Å². The van der Waals surface area contributed by atoms with Crippen LogP contribution in [-0.2, 0) is 6.42 Å². The fourth-order valence-corrected chi connectivity index (χ4v) is 2.14. The summed E-state index contributed by atoms with van der Waals surface area (Å²) in [7, 11) is 0. The minimum absolute atomic E-state index is 0.561. The number of aryl methyl sites for hydroxylation is 1. The van der Waals surface area contributed by atoms with Gasteiger partial charge in [0.05, 0.1) is 16.4 Å². The van der Waals surface area contributed by atoms with E-state index < -0.39 is 0 Å². The lowest BCUT2D eigenvalue weighted by atomic mass is 10.1. The summed E-state index contributed by atoms with van der Waals surface area (Å²) in [6.45, 7) is 2.17. The van der Waals surface area contributed by atoms with Crippen LogP contribution in [0.4, 0.5) is 11.5 Å². The molecule has 5 heteroatoms. The molecule has 0 spiro atoms. The number of rotatable bonds is 4. The third-order valence-corrected chi connectivity index (χ3v) is 3.05. The second-order valence-electron chi connectivity index (χ2n) is 4.21. The summed E-state index contributed by atoms with van der Waals surface area (Å²) >= 11 is 5.95. The molecule has 0 aliphatic heterocycles. The van der Waals surface area contributed by atoms with Gasteiger partial charge >= 0.3 is 0 Å². The van der Waals surface area contributed by atoms with Crippen molar-refractivity contribution < 1.29 is 0 Å². The topological polar surface area (TPSA) is 69.3 Å². The number of aromatic nitrogens is 2. The molecule has 0 amide bonds. The van der Waals surface area contributed by atoms with Crippen molar-refractivity contribution in [3.8, 4) is 0 Å². The minimum Gasteiger partial charge on any atom is -0.396 e. The predicted molar refractivity (Wildman–Crippen MR) is 72.3 cm³/mol. The Morgan fingerprint density at radius 1 is 1.35 bits per heavy atom. The molecule has 0 atom stereocenters. The quantitative estimate of drug-likeness (QED) is 0.822. The van der Waals surface area contributed by atoms with Gasteiger partial charge in [-0.3, -0.25) is 4.40 Å². The van der Waals surface area contributed by atoms with E-state index in [4.69, 9.17) is 23.1 Å². The van der Waals surface area contributed by atoms with Crippen LogP contribution in [0.5, 0.6) is 0 Å². The van der Waals surface area contributed by atoms with Crippen LogP contribution < -0.4 is 11.5 Å². The molecule has 2 aromatic rings. The van der Waals surface area contributed by atoms with Crippen molar-refractivity contribution in [2.75, 3.05) is 11.5 Å². The summed E-state index contributed by atoms with van der Waals surface area (Å²) < 4.78 is 1.76. The van der Waals surface area contributed by atoms with E-state index in [1.54, 1.807) is 16.7 Å². The lowest BCUT2D eigenvalue weighted by molar-refractivity contribution is 0.711. The monoisotopic (exact) mass is 252 g/mol. The van der Waals surface area contributed by atoms with Gasteiger partial charge < -0.3 is 11.5 Å². The van der Waals surface area contributed by atoms with E-state index in [0.29, 0.717) is 22.2 Å². The molecule has 2 heterocycles. The lowest BCUT2D eigenvalue weighted by Crippen LogP contribution is -1.97. The van der Waals surface area contributed by atoms with Crippen LogP contribution in [0.2, 0.25) is 5.02 Å². The van der Waals surface area contributed by atoms with Crippen LogP contribution in [0.3, 0.4) is 0 Å². The molecule has 0 bridgehead atoms. The Balaban J connectivity index is 2.39. The molecule has 2 aromatic heterocycles. The number of pyridine rings is 1. The van der Waals surface area contributed by atoms with Crippen LogP contribution >= 0.6 is 11.6 Å². The number of fused-ring (bicyclic) bond motifs is 1. The van der Waals surface area contributed by atoms with E-state index in [1.165, 1.54) is 12.8 Å². The zero-order valence-corrected chi connectivity index (χ0v) is 10.7. The van der Waals surface area contributed by atoms with E-state index in [9.17, 15) is 0 Å². The Bertz CT molecular complexity index is 533. The van der Waals surface area contributed by atoms with Crippen molar-refractivity contribution in [3.05, 3.63) is 23.0 Å². The first-order valence-electron chi connectivity index (χ1n) is 5.85. The molecule has 0 aliphatic rings. The fourth-order valence-electron chi connectivity index (χ4n) is 1.93. The maximum atomic E-state index is 6.05. The molecule has 0 radical (unpaired) electrons. The zero-order valence-electron chi connectivity index (χ0n) is 9.91. The molecule has 4 N–H and O–H groups in total. The highest BCUT2D eigenvalue weighted by atomic mass is 35.5. The molecule has 0 saturated carbocycles. The van der Waals surface area contributed by atoms with Crippen LogP contribution in [0.1, 0.15) is 31.9 Å². The highest BCUT2D eigenvalue weighted by molar-refractivity contribution is 6.30. The first-order valence-corrected chi connectivity index (χ1v) is 6.22. The SMILES string of the molecule is CCCCCc1nc2c(N)cc(Cl)cn2c1N.